The van der Waals surface area contributed by atoms with Crippen molar-refractivity contribution in [3.8, 4) is 0 Å². The van der Waals surface area contributed by atoms with Crippen LogP contribution in [0.4, 0.5) is 0 Å². The number of ether oxygens (including phenoxy) is 1. The smallest absolute Gasteiger partial charge is 0.0712 e. The molecule has 94 valence electrons. The van der Waals surface area contributed by atoms with Crippen LogP contribution in [-0.4, -0.2) is 38.9 Å². The minimum Gasteiger partial charge on any atom is -0.376 e. The Morgan fingerprint density at radius 1 is 1.44 bits per heavy atom. The number of nitrogens with one attached hydrogen (secondary N) is 2. The third-order valence-corrected chi connectivity index (χ3v) is 4.24. The largest absolute Gasteiger partial charge is 0.376 e. The van der Waals surface area contributed by atoms with Crippen molar-refractivity contribution < 1.29 is 4.74 Å². The van der Waals surface area contributed by atoms with Crippen LogP contribution < -0.4 is 10.6 Å². The highest BCUT2D eigenvalue weighted by Crippen LogP contribution is 2.51. The monoisotopic (exact) mass is 226 g/mol. The molecular weight excluding hydrogens is 200 g/mol. The molecule has 0 spiro atoms. The molecule has 1 aliphatic heterocycles. The third kappa shape index (κ3) is 3.19. The Kier molecular flexibility index (Phi) is 4.22. The zero-order valence-electron chi connectivity index (χ0n) is 10.7. The van der Waals surface area contributed by atoms with Gasteiger partial charge in [-0.25, -0.2) is 0 Å². The number of hydrogen-bond acceptors (Lipinski definition) is 3. The first-order valence-corrected chi connectivity index (χ1v) is 6.76. The Morgan fingerprint density at radius 3 is 2.81 bits per heavy atom. The first-order chi connectivity index (χ1) is 7.73. The molecular formula is C13H26N2O. The van der Waals surface area contributed by atoms with E-state index in [9.17, 15) is 0 Å². The molecule has 3 heteroatoms. The Morgan fingerprint density at radius 2 is 2.25 bits per heavy atom. The first kappa shape index (κ1) is 12.3. The Bertz CT molecular complexity index is 208. The van der Waals surface area contributed by atoms with Crippen molar-refractivity contribution in [2.75, 3.05) is 32.8 Å². The van der Waals surface area contributed by atoms with Gasteiger partial charge in [0.05, 0.1) is 12.7 Å². The second-order valence-corrected chi connectivity index (χ2v) is 5.68. The second-order valence-electron chi connectivity index (χ2n) is 5.68. The summed E-state index contributed by atoms with van der Waals surface area (Å²) in [5.74, 6) is 0.826. The van der Waals surface area contributed by atoms with E-state index in [-0.39, 0.29) is 0 Å². The molecule has 1 unspecified atom stereocenters. The molecule has 1 saturated carbocycles. The molecule has 0 aromatic heterocycles. The fourth-order valence-corrected chi connectivity index (χ4v) is 2.52. The van der Waals surface area contributed by atoms with E-state index in [4.69, 9.17) is 4.74 Å². The molecule has 2 N–H and O–H groups in total. The fraction of sp³-hybridized carbons (Fsp3) is 1.00. The van der Waals surface area contributed by atoms with E-state index in [1.54, 1.807) is 0 Å². The van der Waals surface area contributed by atoms with Gasteiger partial charge in [0, 0.05) is 19.6 Å². The SMILES string of the molecule is CC(C)C1(CNCCC2CNCCO2)CC1. The van der Waals surface area contributed by atoms with Gasteiger partial charge < -0.3 is 15.4 Å². The maximum atomic E-state index is 5.67. The van der Waals surface area contributed by atoms with Gasteiger partial charge >= 0.3 is 0 Å². The van der Waals surface area contributed by atoms with Crippen LogP contribution in [-0.2, 0) is 4.74 Å². The summed E-state index contributed by atoms with van der Waals surface area (Å²) < 4.78 is 5.67. The molecule has 1 saturated heterocycles. The first-order valence-electron chi connectivity index (χ1n) is 6.76. The lowest BCUT2D eigenvalue weighted by Crippen LogP contribution is -2.40. The summed E-state index contributed by atoms with van der Waals surface area (Å²) in [5.41, 5.74) is 0.631. The minimum absolute atomic E-state index is 0.426. The number of morpholine rings is 1. The van der Waals surface area contributed by atoms with Gasteiger partial charge in [0.2, 0.25) is 0 Å². The average Bonchev–Trinajstić information content (AvgIpc) is 3.07. The summed E-state index contributed by atoms with van der Waals surface area (Å²) in [6, 6.07) is 0. The standard InChI is InChI=1S/C13H26N2O/c1-11(2)13(4-5-13)10-15-6-3-12-9-14-7-8-16-12/h11-12,14-15H,3-10H2,1-2H3. The van der Waals surface area contributed by atoms with Crippen LogP contribution in [0.1, 0.15) is 33.1 Å². The van der Waals surface area contributed by atoms with Gasteiger partial charge in [-0.1, -0.05) is 13.8 Å². The Labute approximate surface area is 99.3 Å². The quantitative estimate of drug-likeness (QED) is 0.672. The van der Waals surface area contributed by atoms with Crippen molar-refractivity contribution in [1.29, 1.82) is 0 Å². The molecule has 1 aliphatic carbocycles. The van der Waals surface area contributed by atoms with Gasteiger partial charge in [-0.2, -0.15) is 0 Å². The number of rotatable bonds is 6. The van der Waals surface area contributed by atoms with E-state index in [1.165, 1.54) is 19.4 Å². The minimum atomic E-state index is 0.426. The van der Waals surface area contributed by atoms with Gasteiger partial charge in [0.1, 0.15) is 0 Å². The lowest BCUT2D eigenvalue weighted by atomic mass is 9.92. The van der Waals surface area contributed by atoms with E-state index in [1.807, 2.05) is 0 Å². The van der Waals surface area contributed by atoms with Crippen molar-refractivity contribution in [2.24, 2.45) is 11.3 Å². The second kappa shape index (κ2) is 5.48. The zero-order valence-corrected chi connectivity index (χ0v) is 10.7. The van der Waals surface area contributed by atoms with Crippen LogP contribution in [0.3, 0.4) is 0 Å². The van der Waals surface area contributed by atoms with Gasteiger partial charge in [0.15, 0.2) is 0 Å². The highest BCUT2D eigenvalue weighted by atomic mass is 16.5. The number of hydrogen-bond donors (Lipinski definition) is 2. The van der Waals surface area contributed by atoms with E-state index < -0.39 is 0 Å². The Hall–Kier alpha value is -0.120. The van der Waals surface area contributed by atoms with Crippen molar-refractivity contribution in [3.63, 3.8) is 0 Å². The molecule has 3 nitrogen and oxygen atoms in total. The molecule has 0 amide bonds. The summed E-state index contributed by atoms with van der Waals surface area (Å²) in [5, 5.41) is 6.98. The van der Waals surface area contributed by atoms with Crippen LogP contribution in [0.25, 0.3) is 0 Å². The summed E-state index contributed by atoms with van der Waals surface area (Å²) in [6.07, 6.45) is 4.40. The molecule has 2 fully saturated rings. The van der Waals surface area contributed by atoms with Crippen molar-refractivity contribution >= 4 is 0 Å². The molecule has 0 radical (unpaired) electrons. The maximum Gasteiger partial charge on any atom is 0.0712 e. The van der Waals surface area contributed by atoms with Gasteiger partial charge in [-0.15, -0.1) is 0 Å². The molecule has 0 bridgehead atoms. The van der Waals surface area contributed by atoms with Crippen molar-refractivity contribution in [3.05, 3.63) is 0 Å². The molecule has 16 heavy (non-hydrogen) atoms. The van der Waals surface area contributed by atoms with Crippen molar-refractivity contribution in [2.45, 2.75) is 39.2 Å². The summed E-state index contributed by atoms with van der Waals surface area (Å²) in [4.78, 5) is 0. The van der Waals surface area contributed by atoms with Gasteiger partial charge in [0.25, 0.3) is 0 Å². The highest BCUT2D eigenvalue weighted by Gasteiger charge is 2.44. The summed E-state index contributed by atoms with van der Waals surface area (Å²) in [7, 11) is 0. The summed E-state index contributed by atoms with van der Waals surface area (Å²) in [6.45, 7) is 9.91. The molecule has 2 rings (SSSR count). The van der Waals surface area contributed by atoms with E-state index in [0.29, 0.717) is 11.5 Å². The highest BCUT2D eigenvalue weighted by molar-refractivity contribution is 4.97. The average molecular weight is 226 g/mol. The molecule has 2 aliphatic rings. The fourth-order valence-electron chi connectivity index (χ4n) is 2.52. The van der Waals surface area contributed by atoms with Crippen LogP contribution in [0.5, 0.6) is 0 Å². The van der Waals surface area contributed by atoms with E-state index in [2.05, 4.69) is 24.5 Å². The predicted molar refractivity (Wildman–Crippen MR) is 66.6 cm³/mol. The predicted octanol–water partition coefficient (Wildman–Crippen LogP) is 1.39. The van der Waals surface area contributed by atoms with Crippen LogP contribution in [0.15, 0.2) is 0 Å². The molecule has 0 aromatic carbocycles. The Balaban J connectivity index is 1.55. The molecule has 1 heterocycles. The van der Waals surface area contributed by atoms with Gasteiger partial charge in [-0.05, 0) is 37.1 Å². The van der Waals surface area contributed by atoms with Crippen LogP contribution in [0, 0.1) is 11.3 Å². The third-order valence-electron chi connectivity index (χ3n) is 4.24. The van der Waals surface area contributed by atoms with Crippen LogP contribution in [0.2, 0.25) is 0 Å². The topological polar surface area (TPSA) is 33.3 Å². The summed E-state index contributed by atoms with van der Waals surface area (Å²) >= 11 is 0. The normalized spacial score (nSPS) is 28.3. The maximum absolute atomic E-state index is 5.67. The molecule has 0 aromatic rings. The van der Waals surface area contributed by atoms with E-state index in [0.717, 1.165) is 38.6 Å². The lowest BCUT2D eigenvalue weighted by molar-refractivity contribution is 0.0236. The van der Waals surface area contributed by atoms with Gasteiger partial charge in [-0.3, -0.25) is 0 Å². The van der Waals surface area contributed by atoms with E-state index >= 15 is 0 Å². The zero-order chi connectivity index (χ0) is 11.4. The van der Waals surface area contributed by atoms with Crippen LogP contribution >= 0.6 is 0 Å². The molecule has 1 atom stereocenters. The lowest BCUT2D eigenvalue weighted by Gasteiger charge is -2.25. The van der Waals surface area contributed by atoms with Crippen molar-refractivity contribution in [1.82, 2.24) is 10.6 Å².